The van der Waals surface area contributed by atoms with E-state index < -0.39 is 0 Å². The molecule has 3 nitrogen and oxygen atoms in total. The van der Waals surface area contributed by atoms with Gasteiger partial charge in [-0.25, -0.2) is 4.98 Å². The predicted molar refractivity (Wildman–Crippen MR) is 97.7 cm³/mol. The number of pyridine rings is 1. The molecule has 24 heavy (non-hydrogen) atoms. The molecule has 1 N–H and O–H groups in total. The first-order valence-electron chi connectivity index (χ1n) is 7.63. The summed E-state index contributed by atoms with van der Waals surface area (Å²) in [5.74, 6) is 0.795. The Hall–Kier alpha value is -2.91. The summed E-state index contributed by atoms with van der Waals surface area (Å²) < 4.78 is 0. The molecule has 0 saturated carbocycles. The van der Waals surface area contributed by atoms with E-state index in [-0.39, 0.29) is 0 Å². The fourth-order valence-corrected chi connectivity index (χ4v) is 2.87. The van der Waals surface area contributed by atoms with Crippen molar-refractivity contribution in [2.45, 2.75) is 0 Å². The summed E-state index contributed by atoms with van der Waals surface area (Å²) in [4.78, 5) is 12.4. The van der Waals surface area contributed by atoms with Gasteiger partial charge in [-0.15, -0.1) is 0 Å². The second kappa shape index (κ2) is 6.30. The Morgan fingerprint density at radius 3 is 2.25 bits per heavy atom. The zero-order valence-corrected chi connectivity index (χ0v) is 13.5. The number of halogens is 1. The fourth-order valence-electron chi connectivity index (χ4n) is 2.68. The second-order valence-electron chi connectivity index (χ2n) is 5.42. The molecular weight excluding hydrogens is 318 g/mol. The van der Waals surface area contributed by atoms with Crippen molar-refractivity contribution < 1.29 is 0 Å². The minimum Gasteiger partial charge on any atom is -0.337 e. The van der Waals surface area contributed by atoms with Crippen LogP contribution in [-0.4, -0.2) is 15.0 Å². The van der Waals surface area contributed by atoms with Crippen molar-refractivity contribution in [3.63, 3.8) is 0 Å². The molecule has 0 spiro atoms. The smallest absolute Gasteiger partial charge is 0.138 e. The number of aromatic nitrogens is 3. The van der Waals surface area contributed by atoms with Crippen molar-refractivity contribution in [1.29, 1.82) is 0 Å². The number of aromatic amines is 1. The maximum Gasteiger partial charge on any atom is 0.138 e. The lowest BCUT2D eigenvalue weighted by Gasteiger charge is -2.02. The normalized spacial score (nSPS) is 10.7. The first kappa shape index (κ1) is 14.7. The predicted octanol–water partition coefficient (Wildman–Crippen LogP) is 5.46. The molecule has 2 aromatic carbocycles. The van der Waals surface area contributed by atoms with Crippen molar-refractivity contribution in [2.75, 3.05) is 0 Å². The summed E-state index contributed by atoms with van der Waals surface area (Å²) in [5.41, 5.74) is 4.95. The highest BCUT2D eigenvalue weighted by molar-refractivity contribution is 6.30. The average molecular weight is 332 g/mol. The molecule has 0 amide bonds. The molecule has 0 radical (unpaired) electrons. The molecule has 4 heteroatoms. The zero-order chi connectivity index (χ0) is 16.4. The van der Waals surface area contributed by atoms with Gasteiger partial charge in [0.05, 0.1) is 11.4 Å². The highest BCUT2D eigenvalue weighted by atomic mass is 35.5. The van der Waals surface area contributed by atoms with E-state index >= 15 is 0 Å². The third-order valence-corrected chi connectivity index (χ3v) is 4.05. The van der Waals surface area contributed by atoms with Gasteiger partial charge in [-0.05, 0) is 24.3 Å². The van der Waals surface area contributed by atoms with Crippen molar-refractivity contribution >= 4 is 11.6 Å². The third-order valence-electron chi connectivity index (χ3n) is 3.82. The van der Waals surface area contributed by atoms with Crippen LogP contribution in [0, 0.1) is 0 Å². The Morgan fingerprint density at radius 1 is 0.750 bits per heavy atom. The summed E-state index contributed by atoms with van der Waals surface area (Å²) in [5, 5.41) is 0.690. The number of rotatable bonds is 3. The molecule has 4 rings (SSSR count). The Kier molecular flexibility index (Phi) is 3.85. The molecule has 2 aromatic heterocycles. The van der Waals surface area contributed by atoms with E-state index in [9.17, 15) is 0 Å². The minimum atomic E-state index is 0.690. The molecule has 0 unspecified atom stereocenters. The van der Waals surface area contributed by atoms with Gasteiger partial charge in [-0.1, -0.05) is 54.1 Å². The van der Waals surface area contributed by atoms with Crippen LogP contribution in [0.25, 0.3) is 33.9 Å². The third kappa shape index (κ3) is 2.82. The van der Waals surface area contributed by atoms with Gasteiger partial charge in [0.1, 0.15) is 5.82 Å². The van der Waals surface area contributed by atoms with Crippen LogP contribution in [-0.2, 0) is 0 Å². The Bertz CT molecular complexity index is 906. The highest BCUT2D eigenvalue weighted by Crippen LogP contribution is 2.33. The molecule has 0 atom stereocenters. The van der Waals surface area contributed by atoms with Gasteiger partial charge in [0.15, 0.2) is 0 Å². The number of hydrogen-bond acceptors (Lipinski definition) is 2. The topological polar surface area (TPSA) is 41.6 Å². The molecule has 0 saturated heterocycles. The van der Waals surface area contributed by atoms with E-state index in [0.29, 0.717) is 5.02 Å². The van der Waals surface area contributed by atoms with E-state index in [2.05, 4.69) is 22.1 Å². The number of benzene rings is 2. The quantitative estimate of drug-likeness (QED) is 0.541. The van der Waals surface area contributed by atoms with Crippen LogP contribution in [0.5, 0.6) is 0 Å². The number of nitrogens with one attached hydrogen (secondary N) is 1. The van der Waals surface area contributed by atoms with Crippen molar-refractivity contribution in [3.05, 3.63) is 84.1 Å². The monoisotopic (exact) mass is 331 g/mol. The second-order valence-corrected chi connectivity index (χ2v) is 5.86. The summed E-state index contributed by atoms with van der Waals surface area (Å²) in [6, 6.07) is 21.8. The van der Waals surface area contributed by atoms with E-state index in [4.69, 9.17) is 16.6 Å². The molecule has 2 heterocycles. The van der Waals surface area contributed by atoms with E-state index in [1.54, 1.807) is 12.4 Å². The lowest BCUT2D eigenvalue weighted by molar-refractivity contribution is 1.30. The van der Waals surface area contributed by atoms with Gasteiger partial charge in [0.2, 0.25) is 0 Å². The lowest BCUT2D eigenvalue weighted by Crippen LogP contribution is -1.83. The number of hydrogen-bond donors (Lipinski definition) is 1. The van der Waals surface area contributed by atoms with E-state index in [0.717, 1.165) is 33.9 Å². The van der Waals surface area contributed by atoms with Crippen molar-refractivity contribution in [3.8, 4) is 33.9 Å². The van der Waals surface area contributed by atoms with Crippen LogP contribution in [0.2, 0.25) is 5.02 Å². The van der Waals surface area contributed by atoms with Gasteiger partial charge >= 0.3 is 0 Å². The Balaban J connectivity index is 1.91. The summed E-state index contributed by atoms with van der Waals surface area (Å²) >= 11 is 6.13. The first-order valence-corrected chi connectivity index (χ1v) is 8.01. The minimum absolute atomic E-state index is 0.690. The van der Waals surface area contributed by atoms with Crippen LogP contribution in [0.4, 0.5) is 0 Å². The van der Waals surface area contributed by atoms with Crippen LogP contribution in [0.3, 0.4) is 0 Å². The molecule has 0 fully saturated rings. The summed E-state index contributed by atoms with van der Waals surface area (Å²) in [6.07, 6.45) is 3.55. The molecule has 0 bridgehead atoms. The van der Waals surface area contributed by atoms with Gasteiger partial charge in [0.25, 0.3) is 0 Å². The average Bonchev–Trinajstić information content (AvgIpc) is 3.09. The fraction of sp³-hybridized carbons (Fsp3) is 0. The first-order chi connectivity index (χ1) is 11.8. The molecule has 116 valence electrons. The van der Waals surface area contributed by atoms with Crippen LogP contribution >= 0.6 is 11.6 Å². The van der Waals surface area contributed by atoms with Gasteiger partial charge in [-0.3, -0.25) is 4.98 Å². The van der Waals surface area contributed by atoms with Gasteiger partial charge in [-0.2, -0.15) is 0 Å². The molecule has 0 aliphatic heterocycles. The number of H-pyrrole nitrogens is 1. The zero-order valence-electron chi connectivity index (χ0n) is 12.8. The Morgan fingerprint density at radius 2 is 1.50 bits per heavy atom. The summed E-state index contributed by atoms with van der Waals surface area (Å²) in [7, 11) is 0. The van der Waals surface area contributed by atoms with E-state index in [1.807, 2.05) is 54.6 Å². The molecule has 0 aliphatic carbocycles. The largest absolute Gasteiger partial charge is 0.337 e. The number of nitrogens with zero attached hydrogens (tertiary/aromatic N) is 2. The van der Waals surface area contributed by atoms with Crippen LogP contribution < -0.4 is 0 Å². The maximum absolute atomic E-state index is 6.13. The molecular formula is C20H14ClN3. The van der Waals surface area contributed by atoms with Crippen molar-refractivity contribution in [1.82, 2.24) is 15.0 Å². The Labute approximate surface area is 145 Å². The standard InChI is InChI=1S/C20H14ClN3/c21-17-8-4-7-16(13-17)20-23-18(14-5-2-1-3-6-14)19(24-20)15-9-11-22-12-10-15/h1-13H,(H,23,24). The highest BCUT2D eigenvalue weighted by Gasteiger charge is 2.15. The van der Waals surface area contributed by atoms with Gasteiger partial charge in [0, 0.05) is 34.1 Å². The maximum atomic E-state index is 6.13. The number of imidazole rings is 1. The van der Waals surface area contributed by atoms with Crippen molar-refractivity contribution in [2.24, 2.45) is 0 Å². The van der Waals surface area contributed by atoms with E-state index in [1.165, 1.54) is 0 Å². The van der Waals surface area contributed by atoms with Crippen LogP contribution in [0.15, 0.2) is 79.1 Å². The lowest BCUT2D eigenvalue weighted by atomic mass is 10.1. The van der Waals surface area contributed by atoms with Gasteiger partial charge < -0.3 is 4.98 Å². The molecule has 4 aromatic rings. The molecule has 0 aliphatic rings. The van der Waals surface area contributed by atoms with Crippen LogP contribution in [0.1, 0.15) is 0 Å². The SMILES string of the molecule is Clc1cccc(-c2nc(-c3ccncc3)c(-c3ccccc3)[nH]2)c1. The summed E-state index contributed by atoms with van der Waals surface area (Å²) in [6.45, 7) is 0.